The highest BCUT2D eigenvalue weighted by atomic mass is 19.1. The molecule has 0 aromatic carbocycles. The van der Waals surface area contributed by atoms with Crippen LogP contribution in [0, 0.1) is 5.82 Å². The maximum atomic E-state index is 12.8. The molecule has 0 aliphatic rings. The van der Waals surface area contributed by atoms with Crippen LogP contribution in [0.3, 0.4) is 0 Å². The predicted molar refractivity (Wildman–Crippen MR) is 55.4 cm³/mol. The molecule has 17 heavy (non-hydrogen) atoms. The Kier molecular flexibility index (Phi) is 3.91. The highest BCUT2D eigenvalue weighted by Crippen LogP contribution is 1.85. The zero-order valence-corrected chi connectivity index (χ0v) is 8.95. The van der Waals surface area contributed by atoms with E-state index in [1.165, 1.54) is 6.92 Å². The second-order valence-electron chi connectivity index (χ2n) is 3.29. The number of H-pyrrole nitrogens is 1. The highest BCUT2D eigenvalue weighted by molar-refractivity contribution is 5.78. The van der Waals surface area contributed by atoms with Crippen molar-refractivity contribution < 1.29 is 14.0 Å². The van der Waals surface area contributed by atoms with E-state index >= 15 is 0 Å². The van der Waals surface area contributed by atoms with E-state index in [-0.39, 0.29) is 18.7 Å². The summed E-state index contributed by atoms with van der Waals surface area (Å²) in [5.74, 6) is -1.38. The van der Waals surface area contributed by atoms with Crippen LogP contribution in [0.2, 0.25) is 0 Å². The molecule has 2 N–H and O–H groups in total. The van der Waals surface area contributed by atoms with Gasteiger partial charge in [0.1, 0.15) is 5.78 Å². The van der Waals surface area contributed by atoms with Crippen LogP contribution in [0.1, 0.15) is 13.3 Å². The Hall–Kier alpha value is -2.25. The summed E-state index contributed by atoms with van der Waals surface area (Å²) < 4.78 is 13.2. The minimum Gasteiger partial charge on any atom is -0.337 e. The van der Waals surface area contributed by atoms with Crippen LogP contribution < -0.4 is 16.6 Å². The number of Topliss-reactive ketones (excluding diaryl/α,β-unsaturated/α-hetero) is 1. The summed E-state index contributed by atoms with van der Waals surface area (Å²) in [6.45, 7) is 1.37. The number of ketones is 1. The molecule has 0 atom stereocenters. The Morgan fingerprint density at radius 2 is 2.12 bits per heavy atom. The average molecular weight is 243 g/mol. The van der Waals surface area contributed by atoms with Gasteiger partial charge in [-0.2, -0.15) is 4.39 Å². The van der Waals surface area contributed by atoms with Crippen molar-refractivity contribution in [2.24, 2.45) is 0 Å². The average Bonchev–Trinajstić information content (AvgIpc) is 2.22. The molecule has 7 nitrogen and oxygen atoms in total. The number of nitrogens with zero attached hydrogens (tertiary/aromatic N) is 1. The molecule has 0 fully saturated rings. The van der Waals surface area contributed by atoms with Crippen molar-refractivity contribution in [3.8, 4) is 0 Å². The van der Waals surface area contributed by atoms with E-state index in [0.29, 0.717) is 10.8 Å². The SMILES string of the molecule is CC(=O)CCNC(=O)n1cc(F)c(=O)[nH]c1=O. The maximum absolute atomic E-state index is 12.8. The van der Waals surface area contributed by atoms with Gasteiger partial charge in [-0.05, 0) is 6.92 Å². The van der Waals surface area contributed by atoms with Crippen LogP contribution in [-0.4, -0.2) is 27.9 Å². The van der Waals surface area contributed by atoms with Gasteiger partial charge in [0.2, 0.25) is 5.82 Å². The second kappa shape index (κ2) is 5.19. The first-order chi connectivity index (χ1) is 7.91. The third-order valence-electron chi connectivity index (χ3n) is 1.87. The summed E-state index contributed by atoms with van der Waals surface area (Å²) in [4.78, 5) is 45.4. The number of hydrogen-bond donors (Lipinski definition) is 2. The standard InChI is InChI=1S/C9H10FN3O4/c1-5(14)2-3-11-8(16)13-4-6(10)7(15)12-9(13)17/h4H,2-3H2,1H3,(H,11,16)(H,12,15,17). The van der Waals surface area contributed by atoms with Gasteiger partial charge in [-0.15, -0.1) is 0 Å². The van der Waals surface area contributed by atoms with Crippen LogP contribution >= 0.6 is 0 Å². The van der Waals surface area contributed by atoms with Gasteiger partial charge >= 0.3 is 11.7 Å². The molecule has 1 amide bonds. The number of amides is 1. The van der Waals surface area contributed by atoms with Crippen molar-refractivity contribution in [2.75, 3.05) is 6.54 Å². The lowest BCUT2D eigenvalue weighted by atomic mass is 10.3. The van der Waals surface area contributed by atoms with E-state index in [1.807, 2.05) is 0 Å². The molecule has 1 aromatic heterocycles. The monoisotopic (exact) mass is 243 g/mol. The predicted octanol–water partition coefficient (Wildman–Crippen LogP) is -0.788. The molecule has 8 heteroatoms. The molecular weight excluding hydrogens is 233 g/mol. The second-order valence-corrected chi connectivity index (χ2v) is 3.29. The normalized spacial score (nSPS) is 10.0. The molecule has 0 aliphatic heterocycles. The van der Waals surface area contributed by atoms with Crippen molar-refractivity contribution >= 4 is 11.8 Å². The van der Waals surface area contributed by atoms with Gasteiger partial charge in [0.05, 0.1) is 6.20 Å². The van der Waals surface area contributed by atoms with Crippen molar-refractivity contribution in [3.05, 3.63) is 32.9 Å². The van der Waals surface area contributed by atoms with E-state index in [0.717, 1.165) is 0 Å². The number of aromatic nitrogens is 2. The van der Waals surface area contributed by atoms with Gasteiger partial charge in [-0.1, -0.05) is 0 Å². The van der Waals surface area contributed by atoms with Crippen molar-refractivity contribution in [2.45, 2.75) is 13.3 Å². The lowest BCUT2D eigenvalue weighted by Gasteiger charge is -2.05. The van der Waals surface area contributed by atoms with Gasteiger partial charge in [0.25, 0.3) is 5.56 Å². The summed E-state index contributed by atoms with van der Waals surface area (Å²) in [6, 6.07) is -0.911. The summed E-state index contributed by atoms with van der Waals surface area (Å²) >= 11 is 0. The van der Waals surface area contributed by atoms with Crippen LogP contribution in [-0.2, 0) is 4.79 Å². The molecule has 1 aromatic rings. The molecule has 0 saturated carbocycles. The van der Waals surface area contributed by atoms with Crippen molar-refractivity contribution in [3.63, 3.8) is 0 Å². The number of hydrogen-bond acceptors (Lipinski definition) is 4. The van der Waals surface area contributed by atoms with Crippen LogP contribution in [0.4, 0.5) is 9.18 Å². The van der Waals surface area contributed by atoms with Crippen molar-refractivity contribution in [1.82, 2.24) is 14.9 Å². The highest BCUT2D eigenvalue weighted by Gasteiger charge is 2.10. The number of halogens is 1. The molecule has 0 spiro atoms. The topological polar surface area (TPSA) is 101 Å². The molecule has 92 valence electrons. The zero-order valence-electron chi connectivity index (χ0n) is 8.95. The van der Waals surface area contributed by atoms with Gasteiger partial charge in [-0.3, -0.25) is 14.6 Å². The minimum atomic E-state index is -1.24. The summed E-state index contributed by atoms with van der Waals surface area (Å²) in [6.07, 6.45) is 0.594. The summed E-state index contributed by atoms with van der Waals surface area (Å²) in [7, 11) is 0. The number of nitrogens with one attached hydrogen (secondary N) is 2. The quantitative estimate of drug-likeness (QED) is 0.726. The van der Waals surface area contributed by atoms with Crippen molar-refractivity contribution in [1.29, 1.82) is 0 Å². The Labute approximate surface area is 94.3 Å². The maximum Gasteiger partial charge on any atom is 0.336 e. The minimum absolute atomic E-state index is 0.0291. The molecule has 0 aliphatic carbocycles. The zero-order chi connectivity index (χ0) is 13.0. The molecule has 0 bridgehead atoms. The first-order valence-corrected chi connectivity index (χ1v) is 4.71. The molecule has 1 heterocycles. The largest absolute Gasteiger partial charge is 0.337 e. The lowest BCUT2D eigenvalue weighted by Crippen LogP contribution is -2.41. The first-order valence-electron chi connectivity index (χ1n) is 4.71. The third-order valence-corrected chi connectivity index (χ3v) is 1.87. The van der Waals surface area contributed by atoms with Gasteiger partial charge in [0, 0.05) is 13.0 Å². The first kappa shape index (κ1) is 12.8. The van der Waals surface area contributed by atoms with E-state index in [9.17, 15) is 23.6 Å². The van der Waals surface area contributed by atoms with E-state index in [2.05, 4.69) is 5.32 Å². The molecular formula is C9H10FN3O4. The smallest absolute Gasteiger partial charge is 0.336 e. The Bertz CT molecular complexity index is 560. The molecule has 1 rings (SSSR count). The Morgan fingerprint density at radius 3 is 2.71 bits per heavy atom. The lowest BCUT2D eigenvalue weighted by molar-refractivity contribution is -0.116. The fourth-order valence-corrected chi connectivity index (χ4v) is 1.03. The summed E-state index contributed by atoms with van der Waals surface area (Å²) in [5, 5.41) is 2.23. The molecule has 0 unspecified atom stereocenters. The van der Waals surface area contributed by atoms with E-state index in [1.54, 1.807) is 4.98 Å². The van der Waals surface area contributed by atoms with Crippen LogP contribution in [0.25, 0.3) is 0 Å². The fraction of sp³-hybridized carbons (Fsp3) is 0.333. The fourth-order valence-electron chi connectivity index (χ4n) is 1.03. The number of carbonyl (C=O) groups excluding carboxylic acids is 2. The third kappa shape index (κ3) is 3.37. The summed E-state index contributed by atoms with van der Waals surface area (Å²) in [5.41, 5.74) is -2.24. The number of aromatic amines is 1. The molecule has 0 radical (unpaired) electrons. The molecule has 0 saturated heterocycles. The number of carbonyl (C=O) groups is 2. The van der Waals surface area contributed by atoms with Crippen LogP contribution in [0.5, 0.6) is 0 Å². The van der Waals surface area contributed by atoms with Gasteiger partial charge < -0.3 is 5.32 Å². The van der Waals surface area contributed by atoms with Gasteiger partial charge in [0.15, 0.2) is 0 Å². The Morgan fingerprint density at radius 1 is 1.47 bits per heavy atom. The van der Waals surface area contributed by atoms with Gasteiger partial charge in [-0.25, -0.2) is 14.2 Å². The van der Waals surface area contributed by atoms with Crippen LogP contribution in [0.15, 0.2) is 15.8 Å². The number of rotatable bonds is 3. The van der Waals surface area contributed by atoms with E-state index < -0.39 is 23.1 Å². The van der Waals surface area contributed by atoms with E-state index in [4.69, 9.17) is 0 Å². The Balaban J connectivity index is 2.83.